The lowest BCUT2D eigenvalue weighted by Gasteiger charge is -2.27. The van der Waals surface area contributed by atoms with Crippen molar-refractivity contribution in [3.63, 3.8) is 0 Å². The third kappa shape index (κ3) is 5.87. The van der Waals surface area contributed by atoms with Crippen LogP contribution >= 0.6 is 0 Å². The zero-order chi connectivity index (χ0) is 24.9. The second-order valence-electron chi connectivity index (χ2n) is 9.51. The van der Waals surface area contributed by atoms with E-state index in [-0.39, 0.29) is 30.1 Å². The van der Waals surface area contributed by atoms with E-state index < -0.39 is 23.3 Å². The fourth-order valence-electron chi connectivity index (χ4n) is 5.07. The zero-order valence-corrected chi connectivity index (χ0v) is 20.0. The number of aliphatic hydroxyl groups is 1. The maximum absolute atomic E-state index is 15.0. The van der Waals surface area contributed by atoms with Crippen LogP contribution in [-0.2, 0) is 17.8 Å². The van der Waals surface area contributed by atoms with E-state index in [9.17, 15) is 22.7 Å². The van der Waals surface area contributed by atoms with Crippen molar-refractivity contribution >= 4 is 0 Å². The van der Waals surface area contributed by atoms with Gasteiger partial charge in [0, 0.05) is 18.1 Å². The highest BCUT2D eigenvalue weighted by atomic mass is 19.2. The molecule has 2 aromatic carbocycles. The summed E-state index contributed by atoms with van der Waals surface area (Å²) in [6.45, 7) is 2.26. The van der Waals surface area contributed by atoms with Crippen molar-refractivity contribution in [1.82, 2.24) is 0 Å². The summed E-state index contributed by atoms with van der Waals surface area (Å²) in [5.74, 6) is -3.63. The fourth-order valence-corrected chi connectivity index (χ4v) is 5.07. The molecule has 2 aliphatic carbocycles. The molecule has 0 bridgehead atoms. The van der Waals surface area contributed by atoms with E-state index in [2.05, 4.69) is 0 Å². The summed E-state index contributed by atoms with van der Waals surface area (Å²) in [6, 6.07) is 6.51. The van der Waals surface area contributed by atoms with E-state index in [0.717, 1.165) is 5.57 Å². The highest BCUT2D eigenvalue weighted by molar-refractivity contribution is 5.38. The minimum atomic E-state index is -0.866. The first-order valence-electron chi connectivity index (χ1n) is 12.5. The van der Waals surface area contributed by atoms with Crippen molar-refractivity contribution in [2.75, 3.05) is 6.61 Å². The molecule has 2 aromatic rings. The lowest BCUT2D eigenvalue weighted by Crippen LogP contribution is -2.18. The molecule has 0 radical (unpaired) electrons. The number of allylic oxidation sites excluding steroid dienone is 4. The number of ether oxygens (including phenoxy) is 1. The van der Waals surface area contributed by atoms with Gasteiger partial charge in [-0.3, -0.25) is 0 Å². The average molecular weight is 489 g/mol. The number of hydrogen-bond acceptors (Lipinski definition) is 2. The Labute approximate surface area is 204 Å². The Kier molecular flexibility index (Phi) is 8.45. The van der Waals surface area contributed by atoms with Crippen LogP contribution in [0.25, 0.3) is 0 Å². The van der Waals surface area contributed by atoms with Gasteiger partial charge in [-0.25, -0.2) is 17.6 Å². The van der Waals surface area contributed by atoms with Crippen LogP contribution in [-0.4, -0.2) is 17.8 Å². The molecular formula is C29H32F4O2. The smallest absolute Gasteiger partial charge is 0.164 e. The molecular weight excluding hydrogens is 456 g/mol. The highest BCUT2D eigenvalue weighted by Gasteiger charge is 2.27. The first-order valence-corrected chi connectivity index (χ1v) is 12.5. The van der Waals surface area contributed by atoms with E-state index in [1.165, 1.54) is 0 Å². The predicted molar refractivity (Wildman–Crippen MR) is 128 cm³/mol. The van der Waals surface area contributed by atoms with Gasteiger partial charge in [0.15, 0.2) is 23.3 Å². The molecule has 0 heterocycles. The molecule has 6 heteroatoms. The summed E-state index contributed by atoms with van der Waals surface area (Å²) < 4.78 is 63.7. The summed E-state index contributed by atoms with van der Waals surface area (Å²) in [4.78, 5) is 0. The Bertz CT molecular complexity index is 1100. The minimum absolute atomic E-state index is 0.0384. The Hall–Kier alpha value is -2.44. The monoisotopic (exact) mass is 488 g/mol. The summed E-state index contributed by atoms with van der Waals surface area (Å²) >= 11 is 0. The number of hydrogen-bond donors (Lipinski definition) is 1. The Morgan fingerprint density at radius 1 is 0.829 bits per heavy atom. The van der Waals surface area contributed by atoms with E-state index >= 15 is 0 Å². The summed E-state index contributed by atoms with van der Waals surface area (Å²) in [6.07, 6.45) is 9.24. The fraction of sp³-hybridized carbons (Fsp3) is 0.448. The van der Waals surface area contributed by atoms with Crippen molar-refractivity contribution in [2.45, 2.75) is 76.4 Å². The number of aryl methyl sites for hydroxylation is 1. The van der Waals surface area contributed by atoms with Gasteiger partial charge in [-0.05, 0) is 74.5 Å². The van der Waals surface area contributed by atoms with Gasteiger partial charge >= 0.3 is 0 Å². The average Bonchev–Trinajstić information content (AvgIpc) is 2.87. The SMILES string of the molecule is CCOCc1ccc(CCC2=CCC(c3ccc(C4CCC(O)CC4)c(F)c3F)C=C2)c(F)c1F. The standard InChI is InChI=1S/C29H32F4O2/c1-2-35-17-22-10-9-21(26(30)27(22)31)8-5-18-3-6-19(7-4-18)24-15-16-25(29(33)28(24)32)20-11-13-23(34)14-12-20/h3-4,6,9-10,15-16,19-20,23,34H,2,5,7-8,11-14,17H2,1H3. The van der Waals surface area contributed by atoms with Crippen molar-refractivity contribution in [3.05, 3.63) is 93.6 Å². The van der Waals surface area contributed by atoms with Crippen molar-refractivity contribution < 1.29 is 27.4 Å². The largest absolute Gasteiger partial charge is 0.393 e. The van der Waals surface area contributed by atoms with Crippen LogP contribution in [0, 0.1) is 23.3 Å². The Morgan fingerprint density at radius 3 is 2.17 bits per heavy atom. The van der Waals surface area contributed by atoms with E-state index in [1.807, 2.05) is 18.2 Å². The van der Waals surface area contributed by atoms with Crippen LogP contribution in [0.3, 0.4) is 0 Å². The summed E-state index contributed by atoms with van der Waals surface area (Å²) in [5, 5.41) is 9.68. The molecule has 188 valence electrons. The maximum atomic E-state index is 15.0. The van der Waals surface area contributed by atoms with Gasteiger partial charge in [-0.1, -0.05) is 48.1 Å². The number of halogens is 4. The molecule has 1 saturated carbocycles. The van der Waals surface area contributed by atoms with Crippen LogP contribution in [0.15, 0.2) is 48.1 Å². The van der Waals surface area contributed by atoms with Crippen LogP contribution in [0.4, 0.5) is 17.6 Å². The van der Waals surface area contributed by atoms with E-state index in [0.29, 0.717) is 68.2 Å². The molecule has 1 unspecified atom stereocenters. The normalized spacial score (nSPS) is 22.3. The third-order valence-corrected chi connectivity index (χ3v) is 7.24. The Balaban J connectivity index is 1.38. The molecule has 1 N–H and O–H groups in total. The lowest BCUT2D eigenvalue weighted by molar-refractivity contribution is 0.122. The molecule has 0 spiro atoms. The van der Waals surface area contributed by atoms with Gasteiger partial charge in [0.05, 0.1) is 12.7 Å². The van der Waals surface area contributed by atoms with Gasteiger partial charge in [0.1, 0.15) is 0 Å². The van der Waals surface area contributed by atoms with Crippen LogP contribution in [0.5, 0.6) is 0 Å². The van der Waals surface area contributed by atoms with Crippen molar-refractivity contribution in [1.29, 1.82) is 0 Å². The summed E-state index contributed by atoms with van der Waals surface area (Å²) in [5.41, 5.74) is 2.19. The van der Waals surface area contributed by atoms with Gasteiger partial charge in [-0.15, -0.1) is 0 Å². The summed E-state index contributed by atoms with van der Waals surface area (Å²) in [7, 11) is 0. The topological polar surface area (TPSA) is 29.5 Å². The van der Waals surface area contributed by atoms with Gasteiger partial charge in [0.2, 0.25) is 0 Å². The quantitative estimate of drug-likeness (QED) is 0.392. The van der Waals surface area contributed by atoms with Crippen LogP contribution < -0.4 is 0 Å². The molecule has 0 amide bonds. The maximum Gasteiger partial charge on any atom is 0.164 e. The van der Waals surface area contributed by atoms with Gasteiger partial charge in [-0.2, -0.15) is 0 Å². The molecule has 0 saturated heterocycles. The molecule has 0 aromatic heterocycles. The number of benzene rings is 2. The highest BCUT2D eigenvalue weighted by Crippen LogP contribution is 2.38. The predicted octanol–water partition coefficient (Wildman–Crippen LogP) is 7.40. The molecule has 2 aliphatic rings. The third-order valence-electron chi connectivity index (χ3n) is 7.24. The molecule has 2 nitrogen and oxygen atoms in total. The van der Waals surface area contributed by atoms with E-state index in [4.69, 9.17) is 4.74 Å². The zero-order valence-electron chi connectivity index (χ0n) is 20.0. The minimum Gasteiger partial charge on any atom is -0.393 e. The molecule has 4 rings (SSSR count). The second kappa shape index (κ2) is 11.5. The lowest BCUT2D eigenvalue weighted by atomic mass is 9.81. The van der Waals surface area contributed by atoms with Crippen molar-refractivity contribution in [3.8, 4) is 0 Å². The Morgan fingerprint density at radius 2 is 1.49 bits per heavy atom. The molecule has 1 fully saturated rings. The second-order valence-corrected chi connectivity index (χ2v) is 9.51. The number of aliphatic hydroxyl groups excluding tert-OH is 1. The first kappa shape index (κ1) is 25.6. The molecule has 0 aliphatic heterocycles. The van der Waals surface area contributed by atoms with Gasteiger partial charge in [0.25, 0.3) is 0 Å². The van der Waals surface area contributed by atoms with E-state index in [1.54, 1.807) is 31.2 Å². The van der Waals surface area contributed by atoms with Crippen LogP contribution in [0.1, 0.15) is 79.5 Å². The first-order chi connectivity index (χ1) is 16.9. The van der Waals surface area contributed by atoms with Crippen molar-refractivity contribution in [2.24, 2.45) is 0 Å². The molecule has 1 atom stereocenters. The van der Waals surface area contributed by atoms with Gasteiger partial charge < -0.3 is 9.84 Å². The van der Waals surface area contributed by atoms with Crippen LogP contribution in [0.2, 0.25) is 0 Å². The number of rotatable bonds is 8. The molecule has 35 heavy (non-hydrogen) atoms.